The molecule has 0 heterocycles. The average molecular weight is 255 g/mol. The zero-order valence-electron chi connectivity index (χ0n) is 11.5. The minimum absolute atomic E-state index is 0.321. The fourth-order valence-electron chi connectivity index (χ4n) is 2.31. The van der Waals surface area contributed by atoms with Gasteiger partial charge in [-0.15, -0.1) is 0 Å². The number of aromatic hydroxyl groups is 1. The summed E-state index contributed by atoms with van der Waals surface area (Å²) in [7, 11) is 0. The molecule has 0 saturated heterocycles. The van der Waals surface area contributed by atoms with Crippen LogP contribution >= 0.6 is 0 Å². The van der Waals surface area contributed by atoms with E-state index in [9.17, 15) is 5.11 Å². The van der Waals surface area contributed by atoms with Gasteiger partial charge >= 0.3 is 0 Å². The molecule has 2 rings (SSSR count). The van der Waals surface area contributed by atoms with Gasteiger partial charge in [-0.05, 0) is 43.5 Å². The summed E-state index contributed by atoms with van der Waals surface area (Å²) in [4.78, 5) is 0. The van der Waals surface area contributed by atoms with Crippen molar-refractivity contribution in [3.63, 3.8) is 0 Å². The van der Waals surface area contributed by atoms with Crippen LogP contribution in [0.5, 0.6) is 5.75 Å². The first-order chi connectivity index (χ1) is 9.15. The Kier molecular flexibility index (Phi) is 4.58. The Morgan fingerprint density at radius 2 is 1.58 bits per heavy atom. The van der Waals surface area contributed by atoms with Gasteiger partial charge in [0.15, 0.2) is 0 Å². The molecule has 1 unspecified atom stereocenters. The molecule has 2 aromatic rings. The lowest BCUT2D eigenvalue weighted by Gasteiger charge is -2.20. The van der Waals surface area contributed by atoms with Crippen LogP contribution < -0.4 is 5.32 Å². The van der Waals surface area contributed by atoms with Crippen LogP contribution in [0, 0.1) is 0 Å². The molecule has 2 nitrogen and oxygen atoms in total. The normalized spacial score (nSPS) is 14.0. The first-order valence-corrected chi connectivity index (χ1v) is 6.74. The van der Waals surface area contributed by atoms with Gasteiger partial charge in [0.25, 0.3) is 0 Å². The highest BCUT2D eigenvalue weighted by Gasteiger charge is 2.09. The standard InChI is InChI=1S/C17H21NO/c1-13(12-15-8-10-17(19)11-9-15)18-14(2)16-6-4-3-5-7-16/h3-11,13-14,18-19H,12H2,1-2H3/t13?,14-/m0/s1. The van der Waals surface area contributed by atoms with E-state index in [2.05, 4.69) is 43.4 Å². The third-order valence-electron chi connectivity index (χ3n) is 3.31. The molecule has 0 aliphatic carbocycles. The van der Waals surface area contributed by atoms with Crippen LogP contribution in [-0.4, -0.2) is 11.1 Å². The smallest absolute Gasteiger partial charge is 0.115 e. The SMILES string of the molecule is CC(Cc1ccc(O)cc1)N[C@@H](C)c1ccccc1. The van der Waals surface area contributed by atoms with Crippen molar-refractivity contribution in [2.45, 2.75) is 32.4 Å². The average Bonchev–Trinajstić information content (AvgIpc) is 2.42. The summed E-state index contributed by atoms with van der Waals surface area (Å²) in [5.41, 5.74) is 2.54. The lowest BCUT2D eigenvalue weighted by molar-refractivity contribution is 0.470. The van der Waals surface area contributed by atoms with E-state index in [0.717, 1.165) is 6.42 Å². The summed E-state index contributed by atoms with van der Waals surface area (Å²) in [5.74, 6) is 0.321. The molecule has 0 saturated carbocycles. The molecule has 0 aliphatic heterocycles. The van der Waals surface area contributed by atoms with E-state index in [4.69, 9.17) is 0 Å². The largest absolute Gasteiger partial charge is 0.508 e. The minimum atomic E-state index is 0.321. The topological polar surface area (TPSA) is 32.3 Å². The van der Waals surface area contributed by atoms with Gasteiger partial charge in [-0.2, -0.15) is 0 Å². The molecule has 0 fully saturated rings. The summed E-state index contributed by atoms with van der Waals surface area (Å²) in [5, 5.41) is 12.9. The van der Waals surface area contributed by atoms with Crippen LogP contribution in [0.3, 0.4) is 0 Å². The molecule has 2 atom stereocenters. The third kappa shape index (κ3) is 4.11. The predicted molar refractivity (Wildman–Crippen MR) is 79.3 cm³/mol. The van der Waals surface area contributed by atoms with Gasteiger partial charge < -0.3 is 10.4 Å². The van der Waals surface area contributed by atoms with Crippen LogP contribution in [0.4, 0.5) is 0 Å². The third-order valence-corrected chi connectivity index (χ3v) is 3.31. The van der Waals surface area contributed by atoms with E-state index < -0.39 is 0 Å². The van der Waals surface area contributed by atoms with Gasteiger partial charge in [0.05, 0.1) is 0 Å². The Morgan fingerprint density at radius 3 is 2.21 bits per heavy atom. The number of rotatable bonds is 5. The van der Waals surface area contributed by atoms with Gasteiger partial charge in [0.1, 0.15) is 5.75 Å². The Morgan fingerprint density at radius 1 is 0.947 bits per heavy atom. The van der Waals surface area contributed by atoms with E-state index in [0.29, 0.717) is 17.8 Å². The molecule has 0 aromatic heterocycles. The van der Waals surface area contributed by atoms with Crippen LogP contribution in [-0.2, 0) is 6.42 Å². The van der Waals surface area contributed by atoms with E-state index in [-0.39, 0.29) is 0 Å². The summed E-state index contributed by atoms with van der Waals surface area (Å²) in [6.07, 6.45) is 0.956. The fraction of sp³-hybridized carbons (Fsp3) is 0.294. The summed E-state index contributed by atoms with van der Waals surface area (Å²) in [6, 6.07) is 18.6. The number of phenolic OH excluding ortho intramolecular Hbond substituents is 1. The Bertz CT molecular complexity index is 492. The van der Waals surface area contributed by atoms with E-state index in [1.54, 1.807) is 12.1 Å². The summed E-state index contributed by atoms with van der Waals surface area (Å²) < 4.78 is 0. The lowest BCUT2D eigenvalue weighted by atomic mass is 10.0. The van der Waals surface area contributed by atoms with Crippen molar-refractivity contribution in [1.29, 1.82) is 0 Å². The monoisotopic (exact) mass is 255 g/mol. The first kappa shape index (κ1) is 13.6. The number of hydrogen-bond acceptors (Lipinski definition) is 2. The van der Waals surface area contributed by atoms with Gasteiger partial charge in [-0.1, -0.05) is 42.5 Å². The second kappa shape index (κ2) is 6.39. The van der Waals surface area contributed by atoms with Crippen molar-refractivity contribution in [2.75, 3.05) is 0 Å². The minimum Gasteiger partial charge on any atom is -0.508 e. The fourth-order valence-corrected chi connectivity index (χ4v) is 2.31. The molecule has 0 aliphatic rings. The number of nitrogens with one attached hydrogen (secondary N) is 1. The van der Waals surface area contributed by atoms with Gasteiger partial charge in [0, 0.05) is 12.1 Å². The van der Waals surface area contributed by atoms with E-state index in [1.165, 1.54) is 11.1 Å². The van der Waals surface area contributed by atoms with Crippen molar-refractivity contribution in [3.8, 4) is 5.75 Å². The highest BCUT2D eigenvalue weighted by atomic mass is 16.3. The van der Waals surface area contributed by atoms with Crippen molar-refractivity contribution in [3.05, 3.63) is 65.7 Å². The van der Waals surface area contributed by atoms with Gasteiger partial charge in [-0.3, -0.25) is 0 Å². The van der Waals surface area contributed by atoms with Crippen molar-refractivity contribution in [1.82, 2.24) is 5.32 Å². The molecule has 2 heteroatoms. The maximum atomic E-state index is 9.27. The molecule has 0 radical (unpaired) electrons. The molecular weight excluding hydrogens is 234 g/mol. The van der Waals surface area contributed by atoms with Crippen LogP contribution in [0.2, 0.25) is 0 Å². The highest BCUT2D eigenvalue weighted by molar-refractivity contribution is 5.26. The molecule has 2 N–H and O–H groups in total. The van der Waals surface area contributed by atoms with Gasteiger partial charge in [-0.25, -0.2) is 0 Å². The van der Waals surface area contributed by atoms with E-state index in [1.807, 2.05) is 18.2 Å². The summed E-state index contributed by atoms with van der Waals surface area (Å²) in [6.45, 7) is 4.37. The molecule has 0 amide bonds. The van der Waals surface area contributed by atoms with Gasteiger partial charge in [0.2, 0.25) is 0 Å². The predicted octanol–water partition coefficient (Wildman–Crippen LogP) is 3.67. The molecule has 0 spiro atoms. The second-order valence-corrected chi connectivity index (χ2v) is 5.07. The summed E-state index contributed by atoms with van der Waals surface area (Å²) >= 11 is 0. The molecule has 19 heavy (non-hydrogen) atoms. The van der Waals surface area contributed by atoms with E-state index >= 15 is 0 Å². The van der Waals surface area contributed by atoms with Crippen molar-refractivity contribution in [2.24, 2.45) is 0 Å². The molecule has 0 bridgehead atoms. The molecule has 2 aromatic carbocycles. The zero-order valence-corrected chi connectivity index (χ0v) is 11.5. The molecule has 100 valence electrons. The first-order valence-electron chi connectivity index (χ1n) is 6.74. The van der Waals surface area contributed by atoms with Crippen molar-refractivity contribution < 1.29 is 5.11 Å². The Hall–Kier alpha value is -1.80. The maximum absolute atomic E-state index is 9.27. The Balaban J connectivity index is 1.90. The highest BCUT2D eigenvalue weighted by Crippen LogP contribution is 2.15. The Labute approximate surface area is 115 Å². The molecular formula is C17H21NO. The maximum Gasteiger partial charge on any atom is 0.115 e. The number of benzene rings is 2. The van der Waals surface area contributed by atoms with Crippen LogP contribution in [0.1, 0.15) is 31.0 Å². The quantitative estimate of drug-likeness (QED) is 0.854. The van der Waals surface area contributed by atoms with Crippen molar-refractivity contribution >= 4 is 0 Å². The second-order valence-electron chi connectivity index (χ2n) is 5.07. The number of hydrogen-bond donors (Lipinski definition) is 2. The van der Waals surface area contributed by atoms with Crippen LogP contribution in [0.25, 0.3) is 0 Å². The lowest BCUT2D eigenvalue weighted by Crippen LogP contribution is -2.30. The zero-order chi connectivity index (χ0) is 13.7. The number of phenols is 1. The van der Waals surface area contributed by atoms with Crippen LogP contribution in [0.15, 0.2) is 54.6 Å².